The molecule has 0 radical (unpaired) electrons. The summed E-state index contributed by atoms with van der Waals surface area (Å²) < 4.78 is 11.4. The van der Waals surface area contributed by atoms with Gasteiger partial charge in [-0.3, -0.25) is 4.79 Å². The van der Waals surface area contributed by atoms with E-state index in [1.807, 2.05) is 48.5 Å². The number of fused-ring (bicyclic) bond motifs is 6. The van der Waals surface area contributed by atoms with Gasteiger partial charge in [0.05, 0.1) is 4.76 Å². The molecule has 0 saturated heterocycles. The molecule has 12 nitrogen and oxygen atoms in total. The zero-order valence-corrected chi connectivity index (χ0v) is 31.5. The molecule has 3 aromatic carbocycles. The molecule has 0 aromatic heterocycles. The molecule has 0 bridgehead atoms. The fraction of sp³-hybridized carbons (Fsp3) is 0.436. The highest BCUT2D eigenvalue weighted by Crippen LogP contribution is 2.58. The van der Waals surface area contributed by atoms with Gasteiger partial charge in [-0.1, -0.05) is 30.3 Å². The van der Waals surface area contributed by atoms with E-state index >= 15 is 0 Å². The predicted molar refractivity (Wildman–Crippen MR) is 198 cm³/mol. The number of rotatable bonds is 8. The lowest BCUT2D eigenvalue weighted by atomic mass is 9.75. The lowest BCUT2D eigenvalue weighted by molar-refractivity contribution is -1.11. The van der Waals surface area contributed by atoms with Crippen molar-refractivity contribution in [3.63, 3.8) is 0 Å². The minimum Gasteiger partial charge on any atom is -0.456 e. The first kappa shape index (κ1) is 37.3. The van der Waals surface area contributed by atoms with Crippen molar-refractivity contribution in [1.82, 2.24) is 10.5 Å². The second-order valence-electron chi connectivity index (χ2n) is 14.6. The Bertz CT molecular complexity index is 1780. The van der Waals surface area contributed by atoms with Gasteiger partial charge >= 0.3 is 12.2 Å². The number of aliphatic imine (C=N–C) groups is 1. The summed E-state index contributed by atoms with van der Waals surface area (Å²) in [4.78, 5) is 56.2. The van der Waals surface area contributed by atoms with Crippen molar-refractivity contribution < 1.29 is 33.5 Å². The molecule has 1 N–H and O–H groups in total. The van der Waals surface area contributed by atoms with E-state index in [0.29, 0.717) is 33.8 Å². The van der Waals surface area contributed by atoms with Gasteiger partial charge in [-0.2, -0.15) is 9.79 Å². The topological polar surface area (TPSA) is 113 Å². The lowest BCUT2D eigenvalue weighted by Gasteiger charge is -2.48. The summed E-state index contributed by atoms with van der Waals surface area (Å²) in [6, 6.07) is 19.3. The third-order valence-electron chi connectivity index (χ3n) is 9.45. The van der Waals surface area contributed by atoms with Gasteiger partial charge in [0.15, 0.2) is 5.54 Å². The van der Waals surface area contributed by atoms with Gasteiger partial charge in [-0.15, -0.1) is 0 Å². The third kappa shape index (κ3) is 6.20. The third-order valence-corrected chi connectivity index (χ3v) is 9.45. The number of nitrogens with one attached hydrogen (secondary N) is 1. The monoisotopic (exact) mass is 699 g/mol. The Balaban J connectivity index is 1.89. The molecular weight excluding hydrogens is 648 g/mol. The largest absolute Gasteiger partial charge is 0.583 e. The molecule has 51 heavy (non-hydrogen) atoms. The van der Waals surface area contributed by atoms with Gasteiger partial charge in [-0.05, 0) is 99.7 Å². The molecule has 1 unspecified atom stereocenters. The second kappa shape index (κ2) is 13.6. The van der Waals surface area contributed by atoms with E-state index in [-0.39, 0.29) is 0 Å². The van der Waals surface area contributed by atoms with E-state index in [0.717, 1.165) is 37.6 Å². The number of benzene rings is 3. The second-order valence-corrected chi connectivity index (χ2v) is 14.6. The summed E-state index contributed by atoms with van der Waals surface area (Å²) in [5.74, 6) is 0.620. The quantitative estimate of drug-likeness (QED) is 0.142. The van der Waals surface area contributed by atoms with Crippen LogP contribution in [-0.2, 0) is 15.1 Å². The standard InChI is InChI=1S/C39H51N6O6/c1-12-42(13-2)26-20-22-30-32(24-26)49-33-25-27(43(14-3)15-4)21-23-31(33)39(30)29-19-17-16-18-28(29)34(46)44(39)41-45(37(5,6)7,51-35(47)40-11)36(48)50-38(8,9)10/h16-25,41H,11-15H2,1-10H3/q+1. The predicted octanol–water partition coefficient (Wildman–Crippen LogP) is 7.95. The Hall–Kier alpha value is -4.94. The molecule has 0 saturated carbocycles. The van der Waals surface area contributed by atoms with E-state index < -0.39 is 39.5 Å². The highest BCUT2D eigenvalue weighted by Gasteiger charge is 2.65. The number of hydrazine groups is 1. The molecule has 0 fully saturated rings. The maximum absolute atomic E-state index is 15.0. The summed E-state index contributed by atoms with van der Waals surface area (Å²) in [6.07, 6.45) is -2.10. The van der Waals surface area contributed by atoms with Crippen LogP contribution in [0.5, 0.6) is 11.5 Å². The molecule has 12 heteroatoms. The summed E-state index contributed by atoms with van der Waals surface area (Å²) in [6.45, 7) is 25.0. The molecule has 5 rings (SSSR count). The van der Waals surface area contributed by atoms with Crippen LogP contribution in [0.1, 0.15) is 96.3 Å². The smallest absolute Gasteiger partial charge is 0.456 e. The van der Waals surface area contributed by atoms with Crippen molar-refractivity contribution in [2.24, 2.45) is 4.99 Å². The van der Waals surface area contributed by atoms with E-state index in [1.165, 1.54) is 5.01 Å². The Kier molecular flexibility index (Phi) is 9.99. The number of carbonyl (C=O) groups excluding carboxylic acids is 3. The van der Waals surface area contributed by atoms with Crippen LogP contribution in [0.4, 0.5) is 21.0 Å². The number of carbonyl (C=O) groups is 3. The summed E-state index contributed by atoms with van der Waals surface area (Å²) >= 11 is 0. The Labute approximate surface area is 301 Å². The van der Waals surface area contributed by atoms with E-state index in [1.54, 1.807) is 53.7 Å². The van der Waals surface area contributed by atoms with Crippen LogP contribution in [0.25, 0.3) is 0 Å². The molecular formula is C39H51N6O6+. The van der Waals surface area contributed by atoms with Crippen LogP contribution in [0, 0.1) is 0 Å². The molecule has 2 aliphatic rings. The number of hydrogen-bond acceptors (Lipinski definition) is 9. The van der Waals surface area contributed by atoms with Gasteiger partial charge in [0.25, 0.3) is 5.91 Å². The van der Waals surface area contributed by atoms with Crippen molar-refractivity contribution in [1.29, 1.82) is 0 Å². The molecule has 272 valence electrons. The maximum atomic E-state index is 15.0. The normalized spacial score (nSPS) is 15.6. The fourth-order valence-electron chi connectivity index (χ4n) is 6.93. The van der Waals surface area contributed by atoms with Crippen LogP contribution < -0.4 is 20.1 Å². The summed E-state index contributed by atoms with van der Waals surface area (Å²) in [5, 5.41) is 1.39. The van der Waals surface area contributed by atoms with Crippen LogP contribution in [0.15, 0.2) is 65.7 Å². The first-order valence-corrected chi connectivity index (χ1v) is 17.5. The van der Waals surface area contributed by atoms with Crippen LogP contribution in [0.2, 0.25) is 0 Å². The molecule has 3 amide bonds. The van der Waals surface area contributed by atoms with Gasteiger partial charge in [0.1, 0.15) is 22.6 Å². The average molecular weight is 700 g/mol. The number of amides is 3. The number of anilines is 2. The Morgan fingerprint density at radius 1 is 0.843 bits per heavy atom. The number of hydrogen-bond donors (Lipinski definition) is 1. The number of nitrogens with zero attached hydrogens (tertiary/aromatic N) is 5. The minimum absolute atomic E-state index is 0.397. The van der Waals surface area contributed by atoms with Gasteiger partial charge < -0.3 is 19.3 Å². The summed E-state index contributed by atoms with van der Waals surface area (Å²) in [5.41, 5.74) is 3.76. The number of ether oxygens (including phenoxy) is 2. The van der Waals surface area contributed by atoms with E-state index in [2.05, 4.69) is 54.7 Å². The first-order valence-electron chi connectivity index (χ1n) is 17.5. The van der Waals surface area contributed by atoms with Crippen molar-refractivity contribution in [2.75, 3.05) is 36.0 Å². The highest BCUT2D eigenvalue weighted by atomic mass is 16.8. The molecule has 1 atom stereocenters. The Morgan fingerprint density at radius 2 is 1.35 bits per heavy atom. The molecule has 3 aromatic rings. The van der Waals surface area contributed by atoms with Gasteiger partial charge in [0.2, 0.25) is 0 Å². The number of hydroxylamine groups is 2. The SMILES string of the molecule is C=NC(=O)O[N+](NN1C(=O)c2ccccc2C12c1ccc(N(CC)CC)cc1Oc1cc(N(CC)CC)ccc12)(C(=O)OC(C)(C)C)C(C)(C)C. The van der Waals surface area contributed by atoms with Gasteiger partial charge in [0, 0.05) is 71.9 Å². The minimum atomic E-state index is -1.41. The molecule has 2 aliphatic heterocycles. The average Bonchev–Trinajstić information content (AvgIpc) is 3.31. The van der Waals surface area contributed by atoms with Crippen molar-refractivity contribution in [3.8, 4) is 11.5 Å². The summed E-state index contributed by atoms with van der Waals surface area (Å²) in [7, 11) is 0. The van der Waals surface area contributed by atoms with Crippen LogP contribution in [0.3, 0.4) is 0 Å². The maximum Gasteiger partial charge on any atom is 0.583 e. The van der Waals surface area contributed by atoms with Crippen LogP contribution >= 0.6 is 0 Å². The van der Waals surface area contributed by atoms with Crippen LogP contribution in [-0.4, -0.2) is 71.9 Å². The molecule has 0 aliphatic carbocycles. The van der Waals surface area contributed by atoms with E-state index in [9.17, 15) is 14.4 Å². The number of quaternary nitrogens is 1. The van der Waals surface area contributed by atoms with Gasteiger partial charge in [-0.25, -0.2) is 14.6 Å². The highest BCUT2D eigenvalue weighted by molar-refractivity contribution is 6.02. The zero-order valence-electron chi connectivity index (χ0n) is 31.5. The lowest BCUT2D eigenvalue weighted by Crippen LogP contribution is -2.77. The van der Waals surface area contributed by atoms with Crippen molar-refractivity contribution >= 4 is 36.2 Å². The van der Waals surface area contributed by atoms with E-state index in [4.69, 9.17) is 14.3 Å². The Morgan fingerprint density at radius 3 is 1.80 bits per heavy atom. The zero-order chi connectivity index (χ0) is 37.5. The fourth-order valence-corrected chi connectivity index (χ4v) is 6.93. The van der Waals surface area contributed by atoms with Crippen molar-refractivity contribution in [2.45, 2.75) is 85.9 Å². The first-order chi connectivity index (χ1) is 24.0. The molecule has 2 heterocycles. The molecule has 1 spiro atoms. The van der Waals surface area contributed by atoms with Crippen molar-refractivity contribution in [3.05, 3.63) is 82.9 Å².